The van der Waals surface area contributed by atoms with Crippen LogP contribution in [0.1, 0.15) is 49.5 Å². The average molecular weight is 371 g/mol. The van der Waals surface area contributed by atoms with Crippen molar-refractivity contribution in [3.8, 4) is 5.75 Å². The molecule has 1 aromatic carbocycles. The van der Waals surface area contributed by atoms with Crippen molar-refractivity contribution >= 4 is 11.3 Å². The number of aryl methyl sites for hydroxylation is 1. The van der Waals surface area contributed by atoms with E-state index >= 15 is 0 Å². The lowest BCUT2D eigenvalue weighted by molar-refractivity contribution is 0.0640. The molecule has 0 saturated carbocycles. The second kappa shape index (κ2) is 7.71. The number of ether oxygens (including phenoxy) is 1. The predicted molar refractivity (Wildman–Crippen MR) is 109 cm³/mol. The summed E-state index contributed by atoms with van der Waals surface area (Å²) in [6.45, 7) is 11.2. The molecule has 1 aromatic heterocycles. The van der Waals surface area contributed by atoms with Crippen molar-refractivity contribution in [2.45, 2.75) is 58.3 Å². The van der Waals surface area contributed by atoms with E-state index in [0.29, 0.717) is 12.1 Å². The Morgan fingerprint density at radius 3 is 2.65 bits per heavy atom. The van der Waals surface area contributed by atoms with Crippen LogP contribution in [0.25, 0.3) is 0 Å². The van der Waals surface area contributed by atoms with Crippen molar-refractivity contribution < 1.29 is 4.74 Å². The minimum absolute atomic E-state index is 0.133. The van der Waals surface area contributed by atoms with E-state index in [0.717, 1.165) is 18.8 Å². The Morgan fingerprint density at radius 2 is 1.96 bits per heavy atom. The smallest absolute Gasteiger partial charge is 0.137 e. The third-order valence-corrected chi connectivity index (χ3v) is 6.62. The Hall–Kier alpha value is -1.36. The number of hydrogen-bond acceptors (Lipinski definition) is 4. The number of likely N-dealkylation sites (tertiary alicyclic amines) is 1. The number of fused-ring (bicyclic) bond motifs is 1. The zero-order valence-corrected chi connectivity index (χ0v) is 17.0. The molecule has 2 aliphatic heterocycles. The van der Waals surface area contributed by atoms with Crippen LogP contribution in [-0.2, 0) is 6.54 Å². The third-order valence-electron chi connectivity index (χ3n) is 5.92. The van der Waals surface area contributed by atoms with Gasteiger partial charge in [-0.05, 0) is 69.6 Å². The molecule has 4 rings (SSSR count). The number of piperidine rings is 1. The molecule has 140 valence electrons. The molecule has 3 nitrogen and oxygen atoms in total. The predicted octanol–water partition coefficient (Wildman–Crippen LogP) is 4.87. The molecule has 0 unspecified atom stereocenters. The summed E-state index contributed by atoms with van der Waals surface area (Å²) in [5.41, 5.74) is 3.97. The molecule has 0 N–H and O–H groups in total. The fraction of sp³-hybridized carbons (Fsp3) is 0.545. The first-order valence-corrected chi connectivity index (χ1v) is 10.8. The molecular weight excluding hydrogens is 340 g/mol. The Kier molecular flexibility index (Phi) is 5.35. The fourth-order valence-corrected chi connectivity index (χ4v) is 5.01. The van der Waals surface area contributed by atoms with E-state index in [-0.39, 0.29) is 6.10 Å². The van der Waals surface area contributed by atoms with Crippen molar-refractivity contribution in [3.05, 3.63) is 51.7 Å². The lowest BCUT2D eigenvalue weighted by Crippen LogP contribution is -2.47. The first kappa shape index (κ1) is 18.0. The van der Waals surface area contributed by atoms with E-state index in [2.05, 4.69) is 65.6 Å². The minimum atomic E-state index is 0.133. The minimum Gasteiger partial charge on any atom is -0.484 e. The van der Waals surface area contributed by atoms with E-state index in [4.69, 9.17) is 4.74 Å². The molecule has 3 heterocycles. The van der Waals surface area contributed by atoms with Gasteiger partial charge in [-0.15, -0.1) is 0 Å². The van der Waals surface area contributed by atoms with E-state index in [1.165, 1.54) is 42.6 Å². The zero-order chi connectivity index (χ0) is 18.1. The Bertz CT molecular complexity index is 720. The fourth-order valence-electron chi connectivity index (χ4n) is 4.31. The van der Waals surface area contributed by atoms with Gasteiger partial charge >= 0.3 is 0 Å². The molecule has 1 saturated heterocycles. The summed E-state index contributed by atoms with van der Waals surface area (Å²) < 4.78 is 6.49. The van der Waals surface area contributed by atoms with E-state index in [9.17, 15) is 0 Å². The van der Waals surface area contributed by atoms with Crippen molar-refractivity contribution in [2.75, 3.05) is 19.6 Å². The highest BCUT2D eigenvalue weighted by Gasteiger charge is 2.31. The summed E-state index contributed by atoms with van der Waals surface area (Å²) in [6.07, 6.45) is 2.65. The van der Waals surface area contributed by atoms with Gasteiger partial charge in [0.1, 0.15) is 11.9 Å². The number of rotatable bonds is 3. The number of nitrogens with zero attached hydrogens (tertiary/aromatic N) is 2. The van der Waals surface area contributed by atoms with Crippen LogP contribution >= 0.6 is 11.3 Å². The van der Waals surface area contributed by atoms with Gasteiger partial charge in [-0.3, -0.25) is 4.90 Å². The van der Waals surface area contributed by atoms with Crippen LogP contribution in [0.3, 0.4) is 0 Å². The van der Waals surface area contributed by atoms with Crippen LogP contribution in [0.4, 0.5) is 0 Å². The summed E-state index contributed by atoms with van der Waals surface area (Å²) in [5.74, 6) is 1.06. The number of thiophene rings is 1. The summed E-state index contributed by atoms with van der Waals surface area (Å²) in [6, 6.07) is 10.2. The summed E-state index contributed by atoms with van der Waals surface area (Å²) >= 11 is 1.76. The number of benzene rings is 1. The molecule has 0 spiro atoms. The maximum absolute atomic E-state index is 6.49. The first-order chi connectivity index (χ1) is 12.6. The lowest BCUT2D eigenvalue weighted by Gasteiger charge is -2.40. The molecule has 26 heavy (non-hydrogen) atoms. The molecule has 2 aromatic rings. The third kappa shape index (κ3) is 3.83. The monoisotopic (exact) mass is 370 g/mol. The van der Waals surface area contributed by atoms with Crippen LogP contribution in [0, 0.1) is 6.92 Å². The summed E-state index contributed by atoms with van der Waals surface area (Å²) in [5, 5.41) is 4.40. The van der Waals surface area contributed by atoms with Crippen LogP contribution in [0.2, 0.25) is 0 Å². The van der Waals surface area contributed by atoms with Crippen LogP contribution in [-0.4, -0.2) is 41.5 Å². The molecule has 0 bridgehead atoms. The highest BCUT2D eigenvalue weighted by molar-refractivity contribution is 7.07. The van der Waals surface area contributed by atoms with Gasteiger partial charge in [-0.25, -0.2) is 0 Å². The van der Waals surface area contributed by atoms with Gasteiger partial charge < -0.3 is 9.64 Å². The second-order valence-electron chi connectivity index (χ2n) is 8.06. The van der Waals surface area contributed by atoms with E-state index in [1.54, 1.807) is 11.3 Å². The van der Waals surface area contributed by atoms with Gasteiger partial charge in [-0.2, -0.15) is 11.3 Å². The Balaban J connectivity index is 1.58. The second-order valence-corrected chi connectivity index (χ2v) is 8.84. The van der Waals surface area contributed by atoms with Crippen molar-refractivity contribution in [1.29, 1.82) is 0 Å². The molecule has 4 heteroatoms. The molecule has 2 aliphatic rings. The van der Waals surface area contributed by atoms with Gasteiger partial charge in [0.15, 0.2) is 0 Å². The largest absolute Gasteiger partial charge is 0.484 e. The highest BCUT2D eigenvalue weighted by Crippen LogP contribution is 2.34. The SMILES string of the molecule is Cc1ccc2c(c1)CN(C1CCN(C(C)C)CC1)C[C@H](c1ccsc1)O2. The molecular formula is C22H30N2OS. The van der Waals surface area contributed by atoms with Gasteiger partial charge in [-0.1, -0.05) is 17.7 Å². The number of hydrogen-bond donors (Lipinski definition) is 0. The highest BCUT2D eigenvalue weighted by atomic mass is 32.1. The van der Waals surface area contributed by atoms with Crippen molar-refractivity contribution in [3.63, 3.8) is 0 Å². The quantitative estimate of drug-likeness (QED) is 0.767. The normalized spacial score (nSPS) is 22.8. The van der Waals surface area contributed by atoms with Gasteiger partial charge in [0.05, 0.1) is 0 Å². The Morgan fingerprint density at radius 1 is 1.15 bits per heavy atom. The standard InChI is InChI=1S/C22H30N2OS/c1-16(2)23-9-6-20(7-10-23)24-13-19-12-17(3)4-5-21(19)25-22(14-24)18-8-11-26-15-18/h4-5,8,11-12,15-16,20,22H,6-7,9-10,13-14H2,1-3H3/t22-/m1/s1. The van der Waals surface area contributed by atoms with Crippen molar-refractivity contribution in [2.24, 2.45) is 0 Å². The zero-order valence-electron chi connectivity index (χ0n) is 16.1. The maximum atomic E-state index is 6.49. The molecule has 1 atom stereocenters. The summed E-state index contributed by atoms with van der Waals surface area (Å²) in [4.78, 5) is 5.30. The Labute approximate surface area is 161 Å². The van der Waals surface area contributed by atoms with Gasteiger partial charge in [0.2, 0.25) is 0 Å². The van der Waals surface area contributed by atoms with Crippen LogP contribution in [0.5, 0.6) is 5.75 Å². The van der Waals surface area contributed by atoms with E-state index in [1.807, 2.05) is 0 Å². The average Bonchev–Trinajstić information content (AvgIpc) is 3.10. The molecule has 1 fully saturated rings. The topological polar surface area (TPSA) is 15.7 Å². The van der Waals surface area contributed by atoms with Crippen LogP contribution in [0.15, 0.2) is 35.0 Å². The lowest BCUT2D eigenvalue weighted by atomic mass is 10.00. The first-order valence-electron chi connectivity index (χ1n) is 9.86. The molecule has 0 amide bonds. The van der Waals surface area contributed by atoms with Gasteiger partial charge in [0.25, 0.3) is 0 Å². The van der Waals surface area contributed by atoms with E-state index < -0.39 is 0 Å². The van der Waals surface area contributed by atoms with Crippen LogP contribution < -0.4 is 4.74 Å². The molecule has 0 radical (unpaired) electrons. The van der Waals surface area contributed by atoms with Gasteiger partial charge in [0, 0.05) is 36.3 Å². The summed E-state index contributed by atoms with van der Waals surface area (Å²) in [7, 11) is 0. The molecule has 0 aliphatic carbocycles. The maximum Gasteiger partial charge on any atom is 0.137 e. The van der Waals surface area contributed by atoms with Crippen molar-refractivity contribution in [1.82, 2.24) is 9.80 Å².